The highest BCUT2D eigenvalue weighted by Crippen LogP contribution is 2.32. The summed E-state index contributed by atoms with van der Waals surface area (Å²) in [5.74, 6) is 0. The minimum absolute atomic E-state index is 0.0750. The van der Waals surface area contributed by atoms with E-state index in [1.54, 1.807) is 0 Å². The molecule has 1 fully saturated rings. The molecular formula is C13H16N2. The molecule has 1 aromatic rings. The number of hydrogen-bond donors (Lipinski definition) is 0. The van der Waals surface area contributed by atoms with Crippen molar-refractivity contribution in [2.75, 3.05) is 0 Å². The lowest BCUT2D eigenvalue weighted by Gasteiger charge is -2.27. The number of hydrogen-bond acceptors (Lipinski definition) is 2. The Morgan fingerprint density at radius 1 is 1.00 bits per heavy atom. The lowest BCUT2D eigenvalue weighted by molar-refractivity contribution is 0.309. The molecule has 0 atom stereocenters. The van der Waals surface area contributed by atoms with Crippen LogP contribution in [0, 0.1) is 6.92 Å². The summed E-state index contributed by atoms with van der Waals surface area (Å²) in [5.41, 5.74) is 1.20. The third kappa shape index (κ3) is 1.48. The number of rotatable bonds is 0. The maximum atomic E-state index is 4.84. The van der Waals surface area contributed by atoms with Gasteiger partial charge in [0.15, 0.2) is 5.66 Å². The maximum Gasteiger partial charge on any atom is 0.151 e. The molecule has 2 nitrogen and oxygen atoms in total. The Morgan fingerprint density at radius 2 is 1.73 bits per heavy atom. The Labute approximate surface area is 89.8 Å². The highest BCUT2D eigenvalue weighted by atomic mass is 15.1. The molecule has 0 bridgehead atoms. The van der Waals surface area contributed by atoms with Gasteiger partial charge in [-0.05, 0) is 50.3 Å². The summed E-state index contributed by atoms with van der Waals surface area (Å²) in [4.78, 5) is 9.65. The molecule has 0 N–H and O–H groups in total. The van der Waals surface area contributed by atoms with Gasteiger partial charge in [0.1, 0.15) is 0 Å². The van der Waals surface area contributed by atoms with Crippen LogP contribution in [-0.4, -0.2) is 5.66 Å². The Bertz CT molecular complexity index is 496. The van der Waals surface area contributed by atoms with Crippen LogP contribution in [0.15, 0.2) is 28.2 Å². The van der Waals surface area contributed by atoms with Gasteiger partial charge in [0, 0.05) is 0 Å². The van der Waals surface area contributed by atoms with Crippen molar-refractivity contribution in [3.05, 3.63) is 34.5 Å². The number of nitrogens with zero attached hydrogens (tertiary/aromatic N) is 2. The van der Waals surface area contributed by atoms with E-state index in [1.807, 2.05) is 0 Å². The van der Waals surface area contributed by atoms with E-state index < -0.39 is 0 Å². The minimum Gasteiger partial charge on any atom is -0.253 e. The minimum atomic E-state index is -0.0750. The van der Waals surface area contributed by atoms with E-state index in [2.05, 4.69) is 25.1 Å². The van der Waals surface area contributed by atoms with E-state index in [0.717, 1.165) is 23.6 Å². The van der Waals surface area contributed by atoms with Crippen LogP contribution >= 0.6 is 0 Å². The average Bonchev–Trinajstić information content (AvgIpc) is 2.56. The number of benzene rings is 1. The predicted molar refractivity (Wildman–Crippen MR) is 59.3 cm³/mol. The molecule has 3 rings (SSSR count). The van der Waals surface area contributed by atoms with Crippen LogP contribution < -0.4 is 10.7 Å². The van der Waals surface area contributed by atoms with Gasteiger partial charge in [-0.2, -0.15) is 0 Å². The summed E-state index contributed by atoms with van der Waals surface area (Å²) in [6, 6.07) is 6.39. The molecule has 0 saturated heterocycles. The summed E-state index contributed by atoms with van der Waals surface area (Å²) in [5, 5.41) is 2.21. The van der Waals surface area contributed by atoms with E-state index in [4.69, 9.17) is 9.98 Å². The molecule has 1 aliphatic heterocycles. The zero-order valence-corrected chi connectivity index (χ0v) is 9.16. The van der Waals surface area contributed by atoms with Crippen molar-refractivity contribution in [1.29, 1.82) is 0 Å². The zero-order chi connectivity index (χ0) is 10.3. The Kier molecular flexibility index (Phi) is 1.91. The van der Waals surface area contributed by atoms with Crippen molar-refractivity contribution in [1.82, 2.24) is 0 Å². The van der Waals surface area contributed by atoms with Crippen LogP contribution in [-0.2, 0) is 0 Å². The van der Waals surface area contributed by atoms with Crippen LogP contribution in [0.2, 0.25) is 0 Å². The van der Waals surface area contributed by atoms with Gasteiger partial charge in [-0.3, -0.25) is 9.98 Å². The SMILES string of the molecule is Cc1ccc2c(c1)=NC1(CCCCC1)N=2. The number of fused-ring (bicyclic) bond motifs is 1. The lowest BCUT2D eigenvalue weighted by atomic mass is 9.90. The standard InChI is InChI=1S/C13H16N2/c1-10-5-6-11-12(9-10)15-13(14-11)7-3-2-4-8-13/h5-6,9H,2-4,7-8H2,1H3. The van der Waals surface area contributed by atoms with E-state index >= 15 is 0 Å². The normalized spacial score (nSPS) is 21.9. The highest BCUT2D eigenvalue weighted by molar-refractivity contribution is 5.15. The molecule has 2 heteroatoms. The first-order valence-electron chi connectivity index (χ1n) is 5.84. The van der Waals surface area contributed by atoms with Crippen LogP contribution in [0.25, 0.3) is 0 Å². The molecule has 1 spiro atoms. The van der Waals surface area contributed by atoms with Crippen LogP contribution in [0.3, 0.4) is 0 Å². The molecular weight excluding hydrogens is 184 g/mol. The van der Waals surface area contributed by atoms with Crippen LogP contribution in [0.4, 0.5) is 0 Å². The Morgan fingerprint density at radius 3 is 2.53 bits per heavy atom. The smallest absolute Gasteiger partial charge is 0.151 e. The average molecular weight is 200 g/mol. The Balaban J connectivity index is 2.12. The molecule has 1 aliphatic carbocycles. The largest absolute Gasteiger partial charge is 0.253 e. The van der Waals surface area contributed by atoms with Gasteiger partial charge >= 0.3 is 0 Å². The van der Waals surface area contributed by atoms with E-state index in [-0.39, 0.29) is 5.66 Å². The van der Waals surface area contributed by atoms with E-state index in [0.29, 0.717) is 0 Å². The van der Waals surface area contributed by atoms with Crippen molar-refractivity contribution in [2.24, 2.45) is 9.98 Å². The predicted octanol–water partition coefficient (Wildman–Crippen LogP) is 1.91. The second-order valence-electron chi connectivity index (χ2n) is 4.76. The fourth-order valence-corrected chi connectivity index (χ4v) is 2.63. The van der Waals surface area contributed by atoms with Gasteiger partial charge in [0.05, 0.1) is 10.7 Å². The van der Waals surface area contributed by atoms with Crippen molar-refractivity contribution in [3.8, 4) is 0 Å². The third-order valence-electron chi connectivity index (χ3n) is 3.44. The van der Waals surface area contributed by atoms with Crippen molar-refractivity contribution in [2.45, 2.75) is 44.7 Å². The van der Waals surface area contributed by atoms with Gasteiger partial charge in [-0.25, -0.2) is 0 Å². The molecule has 0 radical (unpaired) electrons. The molecule has 2 aliphatic rings. The second kappa shape index (κ2) is 3.16. The highest BCUT2D eigenvalue weighted by Gasteiger charge is 2.32. The molecule has 1 saturated carbocycles. The first kappa shape index (κ1) is 9.08. The maximum absolute atomic E-state index is 4.84. The Hall–Kier alpha value is -1.18. The van der Waals surface area contributed by atoms with Crippen molar-refractivity contribution >= 4 is 0 Å². The van der Waals surface area contributed by atoms with Gasteiger partial charge in [-0.1, -0.05) is 12.5 Å². The molecule has 1 heterocycles. The lowest BCUT2D eigenvalue weighted by Crippen LogP contribution is -2.25. The van der Waals surface area contributed by atoms with E-state index in [9.17, 15) is 0 Å². The van der Waals surface area contributed by atoms with Gasteiger partial charge < -0.3 is 0 Å². The first-order chi connectivity index (χ1) is 7.27. The molecule has 15 heavy (non-hydrogen) atoms. The summed E-state index contributed by atoms with van der Waals surface area (Å²) in [7, 11) is 0. The summed E-state index contributed by atoms with van der Waals surface area (Å²) in [6.07, 6.45) is 6.18. The van der Waals surface area contributed by atoms with Crippen LogP contribution in [0.5, 0.6) is 0 Å². The quantitative estimate of drug-likeness (QED) is 0.611. The van der Waals surface area contributed by atoms with E-state index in [1.165, 1.54) is 24.8 Å². The summed E-state index contributed by atoms with van der Waals surface area (Å²) >= 11 is 0. The molecule has 78 valence electrons. The van der Waals surface area contributed by atoms with Gasteiger partial charge in [-0.15, -0.1) is 0 Å². The fraction of sp³-hybridized carbons (Fsp3) is 0.538. The molecule has 0 unspecified atom stereocenters. The monoisotopic (exact) mass is 200 g/mol. The van der Waals surface area contributed by atoms with Crippen molar-refractivity contribution < 1.29 is 0 Å². The zero-order valence-electron chi connectivity index (χ0n) is 9.16. The molecule has 1 aromatic carbocycles. The van der Waals surface area contributed by atoms with Gasteiger partial charge in [0.2, 0.25) is 0 Å². The fourth-order valence-electron chi connectivity index (χ4n) is 2.63. The topological polar surface area (TPSA) is 24.7 Å². The first-order valence-corrected chi connectivity index (χ1v) is 5.84. The summed E-state index contributed by atoms with van der Waals surface area (Å²) < 4.78 is 0. The van der Waals surface area contributed by atoms with Gasteiger partial charge in [0.25, 0.3) is 0 Å². The second-order valence-corrected chi connectivity index (χ2v) is 4.76. The summed E-state index contributed by atoms with van der Waals surface area (Å²) in [6.45, 7) is 2.11. The number of aryl methyl sites for hydroxylation is 1. The van der Waals surface area contributed by atoms with Crippen molar-refractivity contribution in [3.63, 3.8) is 0 Å². The van der Waals surface area contributed by atoms with Crippen LogP contribution in [0.1, 0.15) is 37.7 Å². The third-order valence-corrected chi connectivity index (χ3v) is 3.44. The molecule has 0 aromatic heterocycles. The molecule has 0 amide bonds.